The van der Waals surface area contributed by atoms with Gasteiger partial charge in [-0.25, -0.2) is 18.7 Å². The van der Waals surface area contributed by atoms with Gasteiger partial charge in [0.15, 0.2) is 11.6 Å². The quantitative estimate of drug-likeness (QED) is 0.751. The van der Waals surface area contributed by atoms with Gasteiger partial charge in [0.2, 0.25) is 0 Å². The average Bonchev–Trinajstić information content (AvgIpc) is 2.43. The van der Waals surface area contributed by atoms with Crippen molar-refractivity contribution in [2.75, 3.05) is 11.1 Å². The highest BCUT2D eigenvalue weighted by atomic mass is 19.1. The van der Waals surface area contributed by atoms with Crippen molar-refractivity contribution in [2.24, 2.45) is 0 Å². The molecule has 100 valence electrons. The number of nitrogens with two attached hydrogens (primary N) is 1. The second-order valence-electron chi connectivity index (χ2n) is 4.20. The molecule has 0 saturated carbocycles. The minimum atomic E-state index is -0.597. The topological polar surface area (TPSA) is 63.8 Å². The fourth-order valence-electron chi connectivity index (χ4n) is 1.83. The summed E-state index contributed by atoms with van der Waals surface area (Å²) in [6.45, 7) is 0. The Kier molecular flexibility index (Phi) is 2.90. The highest BCUT2D eigenvalue weighted by Crippen LogP contribution is 2.24. The molecule has 0 amide bonds. The third-order valence-electron chi connectivity index (χ3n) is 2.78. The monoisotopic (exact) mass is 272 g/mol. The minimum Gasteiger partial charge on any atom is -0.381 e. The molecule has 0 spiro atoms. The molecular weight excluding hydrogens is 262 g/mol. The Morgan fingerprint density at radius 3 is 2.40 bits per heavy atom. The van der Waals surface area contributed by atoms with Gasteiger partial charge in [0.1, 0.15) is 11.6 Å². The van der Waals surface area contributed by atoms with Crippen molar-refractivity contribution in [3.63, 3.8) is 0 Å². The van der Waals surface area contributed by atoms with Gasteiger partial charge in [-0.3, -0.25) is 0 Å². The molecule has 0 unspecified atom stereocenters. The lowest BCUT2D eigenvalue weighted by molar-refractivity contribution is 0.603. The number of hydrogen-bond acceptors (Lipinski definition) is 4. The maximum Gasteiger partial charge on any atom is 0.174 e. The molecule has 0 bridgehead atoms. The number of para-hydroxylation sites is 2. The summed E-state index contributed by atoms with van der Waals surface area (Å²) in [5.74, 6) is -0.845. The first-order valence-electron chi connectivity index (χ1n) is 5.88. The molecule has 6 heteroatoms. The van der Waals surface area contributed by atoms with Gasteiger partial charge in [-0.15, -0.1) is 0 Å². The standard InChI is InChI=1S/C14H10F2N4/c15-8-5-6-9(16)12(7-8)20-14-13(17)18-10-3-1-2-4-11(10)19-14/h1-7H,(H2,17,18)(H,19,20). The predicted octanol–water partition coefficient (Wildman–Crippen LogP) is 3.23. The summed E-state index contributed by atoms with van der Waals surface area (Å²) in [5, 5.41) is 2.66. The SMILES string of the molecule is Nc1nc2ccccc2nc1Nc1cc(F)ccc1F. The smallest absolute Gasteiger partial charge is 0.174 e. The second kappa shape index (κ2) is 4.73. The van der Waals surface area contributed by atoms with E-state index in [0.29, 0.717) is 11.0 Å². The lowest BCUT2D eigenvalue weighted by Crippen LogP contribution is -2.03. The normalized spacial score (nSPS) is 10.7. The van der Waals surface area contributed by atoms with E-state index in [9.17, 15) is 8.78 Å². The zero-order valence-electron chi connectivity index (χ0n) is 10.3. The molecule has 3 N–H and O–H groups in total. The van der Waals surface area contributed by atoms with Crippen LogP contribution in [0.4, 0.5) is 26.1 Å². The van der Waals surface area contributed by atoms with Gasteiger partial charge in [-0.2, -0.15) is 0 Å². The Hall–Kier alpha value is -2.76. The van der Waals surface area contributed by atoms with E-state index in [1.807, 2.05) is 6.07 Å². The number of halogens is 2. The Labute approximate surface area is 113 Å². The van der Waals surface area contributed by atoms with Crippen LogP contribution in [0.25, 0.3) is 11.0 Å². The van der Waals surface area contributed by atoms with Crippen LogP contribution in [0.5, 0.6) is 0 Å². The van der Waals surface area contributed by atoms with Gasteiger partial charge in [-0.1, -0.05) is 12.1 Å². The Morgan fingerprint density at radius 2 is 1.65 bits per heavy atom. The molecule has 4 nitrogen and oxygen atoms in total. The first-order valence-corrected chi connectivity index (χ1v) is 5.88. The van der Waals surface area contributed by atoms with Gasteiger partial charge in [-0.05, 0) is 24.3 Å². The van der Waals surface area contributed by atoms with E-state index in [-0.39, 0.29) is 17.3 Å². The molecule has 20 heavy (non-hydrogen) atoms. The van der Waals surface area contributed by atoms with Crippen LogP contribution in [-0.4, -0.2) is 9.97 Å². The molecule has 1 aromatic heterocycles. The van der Waals surface area contributed by atoms with Crippen LogP contribution in [0.2, 0.25) is 0 Å². The molecule has 0 fully saturated rings. The van der Waals surface area contributed by atoms with E-state index in [1.54, 1.807) is 18.2 Å². The number of aromatic nitrogens is 2. The summed E-state index contributed by atoms with van der Waals surface area (Å²) in [6, 6.07) is 10.2. The Morgan fingerprint density at radius 1 is 0.950 bits per heavy atom. The van der Waals surface area contributed by atoms with Crippen molar-refractivity contribution in [3.05, 3.63) is 54.1 Å². The minimum absolute atomic E-state index is 0.0405. The summed E-state index contributed by atoms with van der Waals surface area (Å²) >= 11 is 0. The first-order chi connectivity index (χ1) is 9.63. The Balaban J connectivity index is 2.06. The number of fused-ring (bicyclic) bond motifs is 1. The van der Waals surface area contributed by atoms with E-state index >= 15 is 0 Å². The predicted molar refractivity (Wildman–Crippen MR) is 73.6 cm³/mol. The van der Waals surface area contributed by atoms with E-state index in [0.717, 1.165) is 18.2 Å². The van der Waals surface area contributed by atoms with E-state index in [2.05, 4.69) is 15.3 Å². The summed E-state index contributed by atoms with van der Waals surface area (Å²) in [7, 11) is 0. The number of benzene rings is 2. The summed E-state index contributed by atoms with van der Waals surface area (Å²) in [4.78, 5) is 8.41. The highest BCUT2D eigenvalue weighted by Gasteiger charge is 2.09. The molecule has 0 radical (unpaired) electrons. The van der Waals surface area contributed by atoms with E-state index < -0.39 is 11.6 Å². The number of hydrogen-bond donors (Lipinski definition) is 2. The van der Waals surface area contributed by atoms with Crippen LogP contribution < -0.4 is 11.1 Å². The summed E-state index contributed by atoms with van der Waals surface area (Å²) in [5.41, 5.74) is 6.98. The maximum absolute atomic E-state index is 13.6. The van der Waals surface area contributed by atoms with Crippen LogP contribution in [0, 0.1) is 11.6 Å². The van der Waals surface area contributed by atoms with Crippen molar-refractivity contribution < 1.29 is 8.78 Å². The molecule has 0 aliphatic carbocycles. The molecule has 0 saturated heterocycles. The van der Waals surface area contributed by atoms with Crippen molar-refractivity contribution >= 4 is 28.4 Å². The van der Waals surface area contributed by atoms with Gasteiger partial charge in [0, 0.05) is 6.07 Å². The molecule has 0 aliphatic heterocycles. The molecule has 1 heterocycles. The molecular formula is C14H10F2N4. The molecule has 0 aliphatic rings. The van der Waals surface area contributed by atoms with Crippen LogP contribution in [-0.2, 0) is 0 Å². The van der Waals surface area contributed by atoms with Crippen LogP contribution in [0.15, 0.2) is 42.5 Å². The fourth-order valence-corrected chi connectivity index (χ4v) is 1.83. The third-order valence-corrected chi connectivity index (χ3v) is 2.78. The van der Waals surface area contributed by atoms with Gasteiger partial charge >= 0.3 is 0 Å². The van der Waals surface area contributed by atoms with Crippen molar-refractivity contribution in [2.45, 2.75) is 0 Å². The number of rotatable bonds is 2. The number of anilines is 3. The lowest BCUT2D eigenvalue weighted by atomic mass is 10.3. The Bertz CT molecular complexity index is 789. The second-order valence-corrected chi connectivity index (χ2v) is 4.20. The molecule has 0 atom stereocenters. The zero-order valence-corrected chi connectivity index (χ0v) is 10.3. The average molecular weight is 272 g/mol. The van der Waals surface area contributed by atoms with E-state index in [1.165, 1.54) is 0 Å². The first kappa shape index (κ1) is 12.3. The van der Waals surface area contributed by atoms with Crippen LogP contribution in [0.3, 0.4) is 0 Å². The lowest BCUT2D eigenvalue weighted by Gasteiger charge is -2.09. The van der Waals surface area contributed by atoms with Crippen molar-refractivity contribution in [3.8, 4) is 0 Å². The van der Waals surface area contributed by atoms with E-state index in [4.69, 9.17) is 5.73 Å². The molecule has 3 aromatic rings. The maximum atomic E-state index is 13.6. The fraction of sp³-hybridized carbons (Fsp3) is 0. The number of nitrogens with one attached hydrogen (secondary N) is 1. The van der Waals surface area contributed by atoms with Crippen molar-refractivity contribution in [1.29, 1.82) is 0 Å². The van der Waals surface area contributed by atoms with Crippen molar-refractivity contribution in [1.82, 2.24) is 9.97 Å². The van der Waals surface area contributed by atoms with Gasteiger partial charge in [0.05, 0.1) is 16.7 Å². The van der Waals surface area contributed by atoms with Gasteiger partial charge in [0.25, 0.3) is 0 Å². The number of nitrogen functional groups attached to an aromatic ring is 1. The van der Waals surface area contributed by atoms with Crippen LogP contribution >= 0.6 is 0 Å². The molecule has 3 rings (SSSR count). The largest absolute Gasteiger partial charge is 0.381 e. The highest BCUT2D eigenvalue weighted by molar-refractivity contribution is 5.80. The van der Waals surface area contributed by atoms with Gasteiger partial charge < -0.3 is 11.1 Å². The molecule has 2 aromatic carbocycles. The third kappa shape index (κ3) is 2.23. The zero-order chi connectivity index (χ0) is 14.1. The van der Waals surface area contributed by atoms with Crippen LogP contribution in [0.1, 0.15) is 0 Å². The number of nitrogens with zero attached hydrogens (tertiary/aromatic N) is 2. The summed E-state index contributed by atoms with van der Waals surface area (Å²) < 4.78 is 26.7. The summed E-state index contributed by atoms with van der Waals surface area (Å²) in [6.07, 6.45) is 0.